The predicted molar refractivity (Wildman–Crippen MR) is 144 cm³/mol. The Kier molecular flexibility index (Phi) is 7.58. The second-order valence-electron chi connectivity index (χ2n) is 9.75. The lowest BCUT2D eigenvalue weighted by molar-refractivity contribution is 0.203. The fourth-order valence-corrected chi connectivity index (χ4v) is 4.81. The van der Waals surface area contributed by atoms with E-state index in [-0.39, 0.29) is 11.6 Å². The van der Waals surface area contributed by atoms with Gasteiger partial charge in [-0.2, -0.15) is 0 Å². The second kappa shape index (κ2) is 11.2. The topological polar surface area (TPSA) is 62.6 Å². The highest BCUT2D eigenvalue weighted by atomic mass is 19.2. The number of rotatable bonds is 7. The molecular formula is C30H32F2N4O. The summed E-state index contributed by atoms with van der Waals surface area (Å²) >= 11 is 0. The molecule has 0 saturated carbocycles. The summed E-state index contributed by atoms with van der Waals surface area (Å²) < 4.78 is 34.2. The Morgan fingerprint density at radius 2 is 2.08 bits per heavy atom. The summed E-state index contributed by atoms with van der Waals surface area (Å²) in [6.07, 6.45) is 16.1. The molecule has 0 saturated heterocycles. The molecule has 1 N–H and O–H groups in total. The van der Waals surface area contributed by atoms with E-state index in [1.165, 1.54) is 11.6 Å². The summed E-state index contributed by atoms with van der Waals surface area (Å²) in [4.78, 5) is 17.5. The molecule has 1 atom stereocenters. The molecule has 1 unspecified atom stereocenters. The molecule has 0 amide bonds. The molecule has 5 nitrogen and oxygen atoms in total. The average Bonchev–Trinajstić information content (AvgIpc) is 3.46. The number of hydrogen-bond donors (Lipinski definition) is 1. The van der Waals surface area contributed by atoms with E-state index >= 15 is 0 Å². The highest BCUT2D eigenvalue weighted by Crippen LogP contribution is 2.30. The summed E-state index contributed by atoms with van der Waals surface area (Å²) in [6.45, 7) is 4.97. The number of imidazole rings is 1. The van der Waals surface area contributed by atoms with E-state index in [0.717, 1.165) is 78.7 Å². The third kappa shape index (κ3) is 5.71. The Hall–Kier alpha value is -3.61. The maximum atomic E-state index is 14.3. The largest absolute Gasteiger partial charge is 0.498 e. The lowest BCUT2D eigenvalue weighted by atomic mass is 10.0. The zero-order chi connectivity index (χ0) is 25.8. The van der Waals surface area contributed by atoms with Crippen LogP contribution in [0.5, 0.6) is 0 Å². The first-order valence-corrected chi connectivity index (χ1v) is 13.1. The molecule has 4 heterocycles. The van der Waals surface area contributed by atoms with Crippen LogP contribution in [0.25, 0.3) is 5.57 Å². The second-order valence-corrected chi connectivity index (χ2v) is 9.75. The van der Waals surface area contributed by atoms with Crippen molar-refractivity contribution in [1.29, 1.82) is 0 Å². The minimum Gasteiger partial charge on any atom is -0.498 e. The molecule has 1 aromatic carbocycles. The molecule has 3 aliphatic heterocycles. The smallest absolute Gasteiger partial charge is 0.168 e. The summed E-state index contributed by atoms with van der Waals surface area (Å²) in [5.41, 5.74) is 5.60. The van der Waals surface area contributed by atoms with Crippen LogP contribution in [-0.2, 0) is 11.2 Å². The highest BCUT2D eigenvalue weighted by molar-refractivity contribution is 6.15. The molecule has 5 rings (SSSR count). The van der Waals surface area contributed by atoms with Gasteiger partial charge in [0.05, 0.1) is 41.7 Å². The van der Waals surface area contributed by atoms with E-state index in [0.29, 0.717) is 18.7 Å². The molecule has 192 valence electrons. The number of aryl methyl sites for hydroxylation is 1. The number of aromatic amines is 1. The Morgan fingerprint density at radius 1 is 1.19 bits per heavy atom. The number of allylic oxidation sites excluding steroid dienone is 5. The maximum absolute atomic E-state index is 14.3. The first-order valence-electron chi connectivity index (χ1n) is 13.1. The van der Waals surface area contributed by atoms with Gasteiger partial charge in [0, 0.05) is 42.2 Å². The van der Waals surface area contributed by atoms with Gasteiger partial charge in [-0.25, -0.2) is 18.8 Å². The number of fused-ring (bicyclic) bond motifs is 1. The summed E-state index contributed by atoms with van der Waals surface area (Å²) in [5, 5.41) is 0. The Morgan fingerprint density at radius 3 is 2.95 bits per heavy atom. The lowest BCUT2D eigenvalue weighted by Gasteiger charge is -2.16. The van der Waals surface area contributed by atoms with E-state index < -0.39 is 11.6 Å². The van der Waals surface area contributed by atoms with Crippen molar-refractivity contribution in [2.45, 2.75) is 64.8 Å². The van der Waals surface area contributed by atoms with E-state index in [4.69, 9.17) is 9.73 Å². The standard InChI is InChI=1S/C30H32F2N4O/c1-3-4-11-29-34-18-28(36-29)24-16-22(37-13-12-19(24)2)15-21-7-5-10-26-20(17-33-21)14-27(35-26)23-8-6-9-25(31)30(23)32/h6,8-10,14,16-18,21H,3-5,7,11-13,15H2,1-2H3,(H,34,36). The highest BCUT2D eigenvalue weighted by Gasteiger charge is 2.22. The zero-order valence-corrected chi connectivity index (χ0v) is 21.4. The molecule has 3 aliphatic rings. The third-order valence-electron chi connectivity index (χ3n) is 6.97. The molecule has 0 spiro atoms. The van der Waals surface area contributed by atoms with Gasteiger partial charge in [-0.3, -0.25) is 4.99 Å². The van der Waals surface area contributed by atoms with Crippen molar-refractivity contribution >= 4 is 17.5 Å². The van der Waals surface area contributed by atoms with Crippen molar-refractivity contribution in [3.63, 3.8) is 0 Å². The van der Waals surface area contributed by atoms with Gasteiger partial charge < -0.3 is 9.72 Å². The van der Waals surface area contributed by atoms with E-state index in [1.54, 1.807) is 18.4 Å². The van der Waals surface area contributed by atoms with Crippen molar-refractivity contribution < 1.29 is 13.5 Å². The van der Waals surface area contributed by atoms with Gasteiger partial charge in [-0.1, -0.05) is 31.1 Å². The molecule has 0 radical (unpaired) electrons. The van der Waals surface area contributed by atoms with Crippen LogP contribution in [0.3, 0.4) is 0 Å². The minimum atomic E-state index is -0.880. The van der Waals surface area contributed by atoms with Crippen LogP contribution < -0.4 is 0 Å². The van der Waals surface area contributed by atoms with Gasteiger partial charge in [0.25, 0.3) is 0 Å². The van der Waals surface area contributed by atoms with Gasteiger partial charge in [0.15, 0.2) is 11.6 Å². The first-order chi connectivity index (χ1) is 18.0. The number of hydrogen-bond acceptors (Lipinski definition) is 4. The van der Waals surface area contributed by atoms with Crippen LogP contribution in [0.2, 0.25) is 0 Å². The third-order valence-corrected chi connectivity index (χ3v) is 6.97. The van der Waals surface area contributed by atoms with Gasteiger partial charge in [0.1, 0.15) is 5.82 Å². The molecule has 2 aromatic rings. The van der Waals surface area contributed by atoms with Crippen LogP contribution in [0, 0.1) is 11.6 Å². The molecule has 1 aromatic heterocycles. The fourth-order valence-electron chi connectivity index (χ4n) is 4.81. The minimum absolute atomic E-state index is 0.0430. The molecule has 37 heavy (non-hydrogen) atoms. The van der Waals surface area contributed by atoms with Crippen LogP contribution in [0.1, 0.15) is 69.5 Å². The van der Waals surface area contributed by atoms with E-state index in [2.05, 4.69) is 41.0 Å². The maximum Gasteiger partial charge on any atom is 0.168 e. The van der Waals surface area contributed by atoms with Crippen LogP contribution in [-0.4, -0.2) is 34.5 Å². The predicted octanol–water partition coefficient (Wildman–Crippen LogP) is 7.04. The van der Waals surface area contributed by atoms with Gasteiger partial charge in [-0.05, 0) is 50.5 Å². The zero-order valence-electron chi connectivity index (χ0n) is 21.4. The monoisotopic (exact) mass is 502 g/mol. The Balaban J connectivity index is 1.32. The van der Waals surface area contributed by atoms with Crippen molar-refractivity contribution in [1.82, 2.24) is 9.97 Å². The fraction of sp³-hybridized carbons (Fsp3) is 0.367. The van der Waals surface area contributed by atoms with Crippen molar-refractivity contribution in [2.24, 2.45) is 9.98 Å². The van der Waals surface area contributed by atoms with Crippen molar-refractivity contribution in [3.8, 4) is 0 Å². The van der Waals surface area contributed by atoms with Crippen molar-refractivity contribution in [2.75, 3.05) is 6.61 Å². The summed E-state index contributed by atoms with van der Waals surface area (Å²) in [5.74, 6) is 0.184. The Bertz CT molecular complexity index is 1360. The molecule has 0 aliphatic carbocycles. The molecular weight excluding hydrogens is 470 g/mol. The summed E-state index contributed by atoms with van der Waals surface area (Å²) in [6, 6.07) is 4.19. The van der Waals surface area contributed by atoms with Gasteiger partial charge in [-0.15, -0.1) is 0 Å². The molecule has 0 bridgehead atoms. The van der Waals surface area contributed by atoms with Crippen LogP contribution in [0.15, 0.2) is 75.2 Å². The van der Waals surface area contributed by atoms with E-state index in [1.807, 2.05) is 6.20 Å². The number of aliphatic imine (C=N–C) groups is 2. The number of unbranched alkanes of at least 4 members (excludes halogenated alkanes) is 1. The number of nitrogens with one attached hydrogen (secondary N) is 1. The number of aromatic nitrogens is 2. The van der Waals surface area contributed by atoms with Crippen LogP contribution >= 0.6 is 0 Å². The van der Waals surface area contributed by atoms with Crippen LogP contribution in [0.4, 0.5) is 8.78 Å². The first kappa shape index (κ1) is 25.1. The van der Waals surface area contributed by atoms with Gasteiger partial charge >= 0.3 is 0 Å². The molecule has 0 fully saturated rings. The van der Waals surface area contributed by atoms with E-state index in [9.17, 15) is 8.78 Å². The van der Waals surface area contributed by atoms with Gasteiger partial charge in [0.2, 0.25) is 0 Å². The average molecular weight is 503 g/mol. The number of benzene rings is 1. The number of halogens is 2. The Labute approximate surface area is 216 Å². The lowest BCUT2D eigenvalue weighted by Crippen LogP contribution is -2.10. The quantitative estimate of drug-likeness (QED) is 0.441. The van der Waals surface area contributed by atoms with Crippen molar-refractivity contribution in [3.05, 3.63) is 93.9 Å². The molecule has 7 heteroatoms. The summed E-state index contributed by atoms with van der Waals surface area (Å²) in [7, 11) is 0. The SMILES string of the molecule is CCCCc1ncc(C2=C(C)CCOC(CC3CCC=C4N=C(c5cccc(F)c5F)C=C4C=N3)=C2)[nH]1. The number of nitrogens with zero attached hydrogens (tertiary/aromatic N) is 3. The number of ether oxygens (including phenoxy) is 1. The number of H-pyrrole nitrogens is 1. The normalized spacial score (nSPS) is 19.7.